The summed E-state index contributed by atoms with van der Waals surface area (Å²) in [6.07, 6.45) is 1.68. The van der Waals surface area contributed by atoms with Crippen molar-refractivity contribution in [1.82, 2.24) is 4.90 Å². The van der Waals surface area contributed by atoms with Crippen LogP contribution in [0, 0.1) is 0 Å². The van der Waals surface area contributed by atoms with Crippen LogP contribution >= 0.6 is 0 Å². The predicted octanol–water partition coefficient (Wildman–Crippen LogP) is -1.07. The van der Waals surface area contributed by atoms with Crippen molar-refractivity contribution < 1.29 is 19.1 Å². The molecule has 0 spiro atoms. The number of nitrogens with zero attached hydrogens (tertiary/aromatic N) is 1. The number of esters is 1. The summed E-state index contributed by atoms with van der Waals surface area (Å²) in [5.41, 5.74) is 0. The smallest absolute Gasteiger partial charge is 0.331 e. The third kappa shape index (κ3) is 2.20. The zero-order valence-corrected chi connectivity index (χ0v) is 6.78. The van der Waals surface area contributed by atoms with Crippen LogP contribution in [0.2, 0.25) is 0 Å². The Morgan fingerprint density at radius 3 is 2.83 bits per heavy atom. The maximum Gasteiger partial charge on any atom is 0.331 e. The first-order chi connectivity index (χ1) is 5.76. The first-order valence-corrected chi connectivity index (χ1v) is 3.57. The van der Waals surface area contributed by atoms with Crippen molar-refractivity contribution in [1.29, 1.82) is 0 Å². The minimum Gasteiger partial charge on any atom is -0.467 e. The monoisotopic (exact) mass is 172 g/mol. The number of likely N-dealkylation sites (tertiary alicyclic amines) is 1. The molecule has 67 valence electrons. The molecular formula is C7H10NO4. The van der Waals surface area contributed by atoms with Gasteiger partial charge in [-0.3, -0.25) is 4.79 Å². The fraction of sp³-hybridized carbons (Fsp3) is 0.714. The second-order valence-corrected chi connectivity index (χ2v) is 2.51. The van der Waals surface area contributed by atoms with E-state index in [1.54, 1.807) is 6.41 Å². The summed E-state index contributed by atoms with van der Waals surface area (Å²) >= 11 is 0. The SMILES string of the molecule is COC(=O)COC1CN([C]=O)C1. The highest BCUT2D eigenvalue weighted by atomic mass is 16.6. The molecule has 1 aliphatic heterocycles. The Morgan fingerprint density at radius 2 is 2.33 bits per heavy atom. The van der Waals surface area contributed by atoms with Crippen LogP contribution in [0.5, 0.6) is 0 Å². The van der Waals surface area contributed by atoms with Crippen LogP contribution < -0.4 is 0 Å². The lowest BCUT2D eigenvalue weighted by molar-refractivity contribution is -0.150. The molecule has 12 heavy (non-hydrogen) atoms. The molecule has 0 aromatic rings. The van der Waals surface area contributed by atoms with Gasteiger partial charge in [0.25, 0.3) is 0 Å². The molecule has 1 rings (SSSR count). The number of methoxy groups -OCH3 is 1. The van der Waals surface area contributed by atoms with Crippen LogP contribution in [0.3, 0.4) is 0 Å². The van der Waals surface area contributed by atoms with E-state index < -0.39 is 5.97 Å². The quantitative estimate of drug-likeness (QED) is 0.506. The minimum absolute atomic E-state index is 0.0365. The first kappa shape index (κ1) is 8.99. The molecule has 0 aliphatic carbocycles. The number of ether oxygens (including phenoxy) is 2. The van der Waals surface area contributed by atoms with Crippen molar-refractivity contribution in [3.8, 4) is 0 Å². The van der Waals surface area contributed by atoms with Crippen molar-refractivity contribution >= 4 is 12.4 Å². The highest BCUT2D eigenvalue weighted by molar-refractivity contribution is 5.70. The molecule has 5 heteroatoms. The lowest BCUT2D eigenvalue weighted by atomic mass is 10.2. The average Bonchev–Trinajstić information content (AvgIpc) is 2.01. The van der Waals surface area contributed by atoms with E-state index >= 15 is 0 Å². The van der Waals surface area contributed by atoms with Crippen LogP contribution in [-0.4, -0.2) is 50.2 Å². The number of hydrogen-bond donors (Lipinski definition) is 0. The molecule has 0 bridgehead atoms. The lowest BCUT2D eigenvalue weighted by Crippen LogP contribution is -2.51. The standard InChI is InChI=1S/C7H10NO4/c1-11-7(10)4-12-6-2-8(3-6)5-9/h6H,2-4H2,1H3. The molecule has 1 saturated heterocycles. The van der Waals surface area contributed by atoms with E-state index in [0.29, 0.717) is 13.1 Å². The Labute approximate surface area is 70.2 Å². The highest BCUT2D eigenvalue weighted by Crippen LogP contribution is 2.08. The Kier molecular flexibility index (Phi) is 3.04. The number of carbonyl (C=O) groups excluding carboxylic acids is 2. The van der Waals surface area contributed by atoms with Crippen molar-refractivity contribution in [3.63, 3.8) is 0 Å². The van der Waals surface area contributed by atoms with Crippen LogP contribution in [0.25, 0.3) is 0 Å². The van der Waals surface area contributed by atoms with Crippen LogP contribution in [0.1, 0.15) is 0 Å². The van der Waals surface area contributed by atoms with Gasteiger partial charge in [0, 0.05) is 13.1 Å². The first-order valence-electron chi connectivity index (χ1n) is 3.57. The second kappa shape index (κ2) is 4.06. The predicted molar refractivity (Wildman–Crippen MR) is 39.0 cm³/mol. The molecule has 5 nitrogen and oxygen atoms in total. The van der Waals surface area contributed by atoms with Gasteiger partial charge in [-0.15, -0.1) is 0 Å². The van der Waals surface area contributed by atoms with Crippen molar-refractivity contribution in [2.75, 3.05) is 26.8 Å². The molecule has 0 aromatic carbocycles. The fourth-order valence-electron chi connectivity index (χ4n) is 0.863. The normalized spacial score (nSPS) is 16.9. The molecular weight excluding hydrogens is 162 g/mol. The second-order valence-electron chi connectivity index (χ2n) is 2.51. The summed E-state index contributed by atoms with van der Waals surface area (Å²) in [6.45, 7) is 0.981. The van der Waals surface area contributed by atoms with E-state index in [-0.39, 0.29) is 12.7 Å². The third-order valence-electron chi connectivity index (χ3n) is 1.64. The molecule has 1 heterocycles. The van der Waals surface area contributed by atoms with Crippen LogP contribution in [-0.2, 0) is 19.1 Å². The summed E-state index contributed by atoms with van der Waals surface area (Å²) in [6, 6.07) is 0. The van der Waals surface area contributed by atoms with E-state index in [1.807, 2.05) is 0 Å². The van der Waals surface area contributed by atoms with Gasteiger partial charge < -0.3 is 14.4 Å². The third-order valence-corrected chi connectivity index (χ3v) is 1.64. The van der Waals surface area contributed by atoms with Crippen LogP contribution in [0.15, 0.2) is 0 Å². The number of amides is 1. The van der Waals surface area contributed by atoms with Gasteiger partial charge >= 0.3 is 12.4 Å². The van der Waals surface area contributed by atoms with Gasteiger partial charge in [-0.25, -0.2) is 4.79 Å². The van der Waals surface area contributed by atoms with Crippen molar-refractivity contribution in [2.45, 2.75) is 6.10 Å². The van der Waals surface area contributed by atoms with Gasteiger partial charge in [-0.1, -0.05) is 0 Å². The molecule has 1 fully saturated rings. The van der Waals surface area contributed by atoms with E-state index in [9.17, 15) is 9.59 Å². The Bertz CT molecular complexity index is 176. The molecule has 0 N–H and O–H groups in total. The maximum absolute atomic E-state index is 10.6. The molecule has 0 aromatic heterocycles. The summed E-state index contributed by atoms with van der Waals surface area (Å²) in [5, 5.41) is 0. The van der Waals surface area contributed by atoms with Gasteiger partial charge in [0.15, 0.2) is 0 Å². The zero-order chi connectivity index (χ0) is 8.97. The minimum atomic E-state index is -0.400. The molecule has 1 aliphatic rings. The Hall–Kier alpha value is -1.10. The summed E-state index contributed by atoms with van der Waals surface area (Å²) in [5.74, 6) is -0.400. The lowest BCUT2D eigenvalue weighted by Gasteiger charge is -2.34. The van der Waals surface area contributed by atoms with Gasteiger partial charge in [-0.05, 0) is 0 Å². The zero-order valence-electron chi connectivity index (χ0n) is 6.78. The Balaban J connectivity index is 2.03. The van der Waals surface area contributed by atoms with Gasteiger partial charge in [0.2, 0.25) is 0 Å². The molecule has 0 atom stereocenters. The summed E-state index contributed by atoms with van der Waals surface area (Å²) < 4.78 is 9.44. The fourth-order valence-corrected chi connectivity index (χ4v) is 0.863. The number of carbonyl (C=O) groups is 1. The largest absolute Gasteiger partial charge is 0.467 e. The molecule has 0 saturated carbocycles. The van der Waals surface area contributed by atoms with Gasteiger partial charge in [0.05, 0.1) is 13.2 Å². The van der Waals surface area contributed by atoms with Crippen molar-refractivity contribution in [2.24, 2.45) is 0 Å². The maximum atomic E-state index is 10.6. The highest BCUT2D eigenvalue weighted by Gasteiger charge is 2.27. The topological polar surface area (TPSA) is 55.8 Å². The van der Waals surface area contributed by atoms with E-state index in [2.05, 4.69) is 4.74 Å². The van der Waals surface area contributed by atoms with E-state index in [4.69, 9.17) is 4.74 Å². The molecule has 1 radical (unpaired) electrons. The van der Waals surface area contributed by atoms with E-state index in [0.717, 1.165) is 0 Å². The van der Waals surface area contributed by atoms with Gasteiger partial charge in [0.1, 0.15) is 6.61 Å². The number of hydrogen-bond acceptors (Lipinski definition) is 4. The average molecular weight is 172 g/mol. The molecule has 0 unspecified atom stereocenters. The van der Waals surface area contributed by atoms with Crippen LogP contribution in [0.4, 0.5) is 0 Å². The summed E-state index contributed by atoms with van der Waals surface area (Å²) in [4.78, 5) is 22.0. The van der Waals surface area contributed by atoms with Crippen molar-refractivity contribution in [3.05, 3.63) is 0 Å². The number of rotatable bonds is 4. The molecule has 1 amide bonds. The van der Waals surface area contributed by atoms with E-state index in [1.165, 1.54) is 12.0 Å². The Morgan fingerprint density at radius 1 is 1.67 bits per heavy atom. The summed E-state index contributed by atoms with van der Waals surface area (Å²) in [7, 11) is 1.30. The van der Waals surface area contributed by atoms with Gasteiger partial charge in [-0.2, -0.15) is 0 Å².